The largest absolute Gasteiger partial charge is 0.379 e. The molecule has 1 heterocycles. The van der Waals surface area contributed by atoms with Crippen molar-refractivity contribution in [1.29, 1.82) is 0 Å². The first-order valence-corrected chi connectivity index (χ1v) is 8.30. The summed E-state index contributed by atoms with van der Waals surface area (Å²) in [5.41, 5.74) is 0.778. The smallest absolute Gasteiger partial charge is 0.227 e. The second-order valence-corrected chi connectivity index (χ2v) is 6.38. The summed E-state index contributed by atoms with van der Waals surface area (Å²) in [6.45, 7) is 5.56. The Kier molecular flexibility index (Phi) is 6.42. The van der Waals surface area contributed by atoms with Crippen LogP contribution in [0, 0.1) is 5.92 Å². The van der Waals surface area contributed by atoms with Gasteiger partial charge in [0.15, 0.2) is 0 Å². The van der Waals surface area contributed by atoms with Crippen LogP contribution in [-0.2, 0) is 14.3 Å². The van der Waals surface area contributed by atoms with Crippen LogP contribution in [0.1, 0.15) is 26.7 Å². The normalized spacial score (nSPS) is 17.8. The third-order valence-electron chi connectivity index (χ3n) is 3.71. The molecular formula is C17H23ClN2O3. The van der Waals surface area contributed by atoms with Gasteiger partial charge in [0.25, 0.3) is 0 Å². The molecule has 0 aromatic heterocycles. The minimum atomic E-state index is -0.302. The molecule has 0 spiro atoms. The predicted molar refractivity (Wildman–Crippen MR) is 90.6 cm³/mol. The molecule has 2 rings (SSSR count). The molecule has 0 radical (unpaired) electrons. The Morgan fingerprint density at radius 1 is 1.39 bits per heavy atom. The average molecular weight is 339 g/mol. The van der Waals surface area contributed by atoms with Gasteiger partial charge in [-0.2, -0.15) is 0 Å². The Labute approximate surface area is 141 Å². The van der Waals surface area contributed by atoms with E-state index in [0.29, 0.717) is 24.7 Å². The minimum absolute atomic E-state index is 0.0318. The molecule has 2 amide bonds. The van der Waals surface area contributed by atoms with Gasteiger partial charge in [0.2, 0.25) is 11.8 Å². The summed E-state index contributed by atoms with van der Waals surface area (Å²) in [4.78, 5) is 25.9. The number of amides is 2. The van der Waals surface area contributed by atoms with Crippen molar-refractivity contribution in [2.45, 2.75) is 32.8 Å². The number of hydrogen-bond acceptors (Lipinski definition) is 3. The van der Waals surface area contributed by atoms with E-state index in [2.05, 4.69) is 5.32 Å². The van der Waals surface area contributed by atoms with E-state index in [4.69, 9.17) is 16.3 Å². The van der Waals surface area contributed by atoms with E-state index in [1.807, 2.05) is 13.8 Å². The maximum absolute atomic E-state index is 12.2. The monoisotopic (exact) mass is 338 g/mol. The van der Waals surface area contributed by atoms with Crippen LogP contribution in [0.2, 0.25) is 5.02 Å². The first-order valence-electron chi connectivity index (χ1n) is 7.92. The second kappa shape index (κ2) is 8.31. The molecule has 1 aromatic carbocycles. The van der Waals surface area contributed by atoms with Crippen molar-refractivity contribution in [3.8, 4) is 0 Å². The van der Waals surface area contributed by atoms with Gasteiger partial charge < -0.3 is 15.0 Å². The van der Waals surface area contributed by atoms with Gasteiger partial charge in [0, 0.05) is 36.8 Å². The lowest BCUT2D eigenvalue weighted by atomic mass is 10.1. The number of anilines is 1. The number of carbonyl (C=O) groups excluding carboxylic acids is 2. The van der Waals surface area contributed by atoms with E-state index in [-0.39, 0.29) is 30.3 Å². The summed E-state index contributed by atoms with van der Waals surface area (Å²) in [6.07, 6.45) is 1.22. The van der Waals surface area contributed by atoms with Gasteiger partial charge in [0.05, 0.1) is 12.0 Å². The van der Waals surface area contributed by atoms with Gasteiger partial charge in [-0.1, -0.05) is 11.6 Å². The lowest BCUT2D eigenvalue weighted by Crippen LogP contribution is -2.34. The Hall–Kier alpha value is -1.59. The van der Waals surface area contributed by atoms with Crippen molar-refractivity contribution in [3.05, 3.63) is 29.3 Å². The van der Waals surface area contributed by atoms with E-state index in [1.54, 1.807) is 29.2 Å². The van der Waals surface area contributed by atoms with E-state index in [1.165, 1.54) is 0 Å². The highest BCUT2D eigenvalue weighted by molar-refractivity contribution is 6.30. The van der Waals surface area contributed by atoms with E-state index >= 15 is 0 Å². The number of halogens is 1. The number of ether oxygens (including phenoxy) is 1. The number of carbonyl (C=O) groups is 2. The molecule has 1 N–H and O–H groups in total. The van der Waals surface area contributed by atoms with E-state index in [0.717, 1.165) is 12.1 Å². The molecule has 23 heavy (non-hydrogen) atoms. The third kappa shape index (κ3) is 5.22. The first kappa shape index (κ1) is 17.8. The van der Waals surface area contributed by atoms with Crippen LogP contribution >= 0.6 is 11.6 Å². The molecule has 1 saturated heterocycles. The van der Waals surface area contributed by atoms with Gasteiger partial charge in [-0.15, -0.1) is 0 Å². The van der Waals surface area contributed by atoms with Crippen LogP contribution in [0.5, 0.6) is 0 Å². The van der Waals surface area contributed by atoms with Crippen molar-refractivity contribution in [1.82, 2.24) is 5.32 Å². The Morgan fingerprint density at radius 3 is 2.74 bits per heavy atom. The zero-order valence-corrected chi connectivity index (χ0v) is 14.3. The molecule has 5 nitrogen and oxygen atoms in total. The molecule has 0 aliphatic carbocycles. The number of hydrogen-bond donors (Lipinski definition) is 1. The summed E-state index contributed by atoms with van der Waals surface area (Å²) in [6, 6.07) is 7.08. The van der Waals surface area contributed by atoms with E-state index < -0.39 is 0 Å². The molecule has 0 saturated carbocycles. The highest BCUT2D eigenvalue weighted by Crippen LogP contribution is 2.26. The molecule has 1 atom stereocenters. The highest BCUT2D eigenvalue weighted by atomic mass is 35.5. The molecular weight excluding hydrogens is 316 g/mol. The molecule has 0 bridgehead atoms. The summed E-state index contributed by atoms with van der Waals surface area (Å²) in [5.74, 6) is -0.404. The van der Waals surface area contributed by atoms with Crippen molar-refractivity contribution in [2.24, 2.45) is 5.92 Å². The summed E-state index contributed by atoms with van der Waals surface area (Å²) in [5, 5.41) is 3.50. The van der Waals surface area contributed by atoms with Gasteiger partial charge in [-0.3, -0.25) is 9.59 Å². The van der Waals surface area contributed by atoms with Crippen LogP contribution in [0.15, 0.2) is 24.3 Å². The van der Waals surface area contributed by atoms with Crippen molar-refractivity contribution >= 4 is 29.1 Å². The predicted octanol–water partition coefficient (Wildman–Crippen LogP) is 2.62. The second-order valence-electron chi connectivity index (χ2n) is 5.95. The number of benzene rings is 1. The molecule has 6 heteroatoms. The molecule has 1 fully saturated rings. The number of nitrogens with zero attached hydrogens (tertiary/aromatic N) is 1. The minimum Gasteiger partial charge on any atom is -0.379 e. The SMILES string of the molecule is CC(C)OCCCNC(=O)[C@@H]1CC(=O)N(c2ccc(Cl)cc2)C1. The van der Waals surface area contributed by atoms with Crippen LogP contribution in [0.25, 0.3) is 0 Å². The van der Waals surface area contributed by atoms with Gasteiger partial charge in [0.1, 0.15) is 0 Å². The molecule has 1 aliphatic heterocycles. The zero-order valence-electron chi connectivity index (χ0n) is 13.5. The summed E-state index contributed by atoms with van der Waals surface area (Å²) < 4.78 is 5.43. The Morgan fingerprint density at radius 2 is 2.09 bits per heavy atom. The topological polar surface area (TPSA) is 58.6 Å². The fourth-order valence-corrected chi connectivity index (χ4v) is 2.63. The van der Waals surface area contributed by atoms with Gasteiger partial charge >= 0.3 is 0 Å². The lowest BCUT2D eigenvalue weighted by molar-refractivity contribution is -0.126. The highest BCUT2D eigenvalue weighted by Gasteiger charge is 2.34. The van der Waals surface area contributed by atoms with Crippen LogP contribution < -0.4 is 10.2 Å². The van der Waals surface area contributed by atoms with Gasteiger partial charge in [-0.25, -0.2) is 0 Å². The number of rotatable bonds is 7. The van der Waals surface area contributed by atoms with Crippen molar-refractivity contribution < 1.29 is 14.3 Å². The third-order valence-corrected chi connectivity index (χ3v) is 3.96. The maximum atomic E-state index is 12.2. The summed E-state index contributed by atoms with van der Waals surface area (Å²) in [7, 11) is 0. The quantitative estimate of drug-likeness (QED) is 0.777. The van der Waals surface area contributed by atoms with Crippen LogP contribution in [-0.4, -0.2) is 37.6 Å². The zero-order chi connectivity index (χ0) is 16.8. The standard InChI is InChI=1S/C17H23ClN2O3/c1-12(2)23-9-3-8-19-17(22)13-10-16(21)20(11-13)15-6-4-14(18)5-7-15/h4-7,12-13H,3,8-11H2,1-2H3,(H,19,22)/t13-/m1/s1. The average Bonchev–Trinajstić information content (AvgIpc) is 2.89. The van der Waals surface area contributed by atoms with Gasteiger partial charge in [-0.05, 0) is 44.5 Å². The Bertz CT molecular complexity index is 545. The summed E-state index contributed by atoms with van der Waals surface area (Å²) >= 11 is 5.86. The molecule has 1 aromatic rings. The van der Waals surface area contributed by atoms with E-state index in [9.17, 15) is 9.59 Å². The fourth-order valence-electron chi connectivity index (χ4n) is 2.50. The molecule has 126 valence electrons. The molecule has 1 aliphatic rings. The molecule has 0 unspecified atom stereocenters. The first-order chi connectivity index (χ1) is 11.0. The van der Waals surface area contributed by atoms with Crippen LogP contribution in [0.4, 0.5) is 5.69 Å². The number of nitrogens with one attached hydrogen (secondary N) is 1. The fraction of sp³-hybridized carbons (Fsp3) is 0.529. The van der Waals surface area contributed by atoms with Crippen LogP contribution in [0.3, 0.4) is 0 Å². The lowest BCUT2D eigenvalue weighted by Gasteiger charge is -2.16. The van der Waals surface area contributed by atoms with Crippen molar-refractivity contribution in [3.63, 3.8) is 0 Å². The Balaban J connectivity index is 1.80. The van der Waals surface area contributed by atoms with Crippen molar-refractivity contribution in [2.75, 3.05) is 24.6 Å². The maximum Gasteiger partial charge on any atom is 0.227 e.